The first-order valence-corrected chi connectivity index (χ1v) is 4.82. The van der Waals surface area contributed by atoms with Gasteiger partial charge in [-0.05, 0) is 30.2 Å². The van der Waals surface area contributed by atoms with E-state index in [1.807, 2.05) is 0 Å². The van der Waals surface area contributed by atoms with Crippen molar-refractivity contribution in [3.8, 4) is 0 Å². The van der Waals surface area contributed by atoms with Gasteiger partial charge < -0.3 is 10.8 Å². The van der Waals surface area contributed by atoms with E-state index in [-0.39, 0.29) is 11.6 Å². The molecule has 4 N–H and O–H groups in total. The normalized spacial score (nSPS) is 12.7. The molecule has 1 unspecified atom stereocenters. The fraction of sp³-hybridized carbons (Fsp3) is 0.182. The van der Waals surface area contributed by atoms with Gasteiger partial charge in [0, 0.05) is 5.56 Å². The van der Waals surface area contributed by atoms with Gasteiger partial charge in [-0.25, -0.2) is 4.39 Å². The molecule has 16 heavy (non-hydrogen) atoms. The van der Waals surface area contributed by atoms with Crippen molar-refractivity contribution < 1.29 is 9.50 Å². The van der Waals surface area contributed by atoms with E-state index in [0.717, 1.165) is 5.56 Å². The standard InChI is InChI=1S/C11H12FN3O/c1-6-2-7(4-8(12)3-6)10(16)9-5-14-15-11(9)13/h2-5,10,16H,1H3,(H3,13,14,15). The fourth-order valence-corrected chi connectivity index (χ4v) is 1.63. The fourth-order valence-electron chi connectivity index (χ4n) is 1.63. The lowest BCUT2D eigenvalue weighted by Crippen LogP contribution is -2.03. The van der Waals surface area contributed by atoms with Crippen molar-refractivity contribution in [2.24, 2.45) is 0 Å². The molecule has 0 aliphatic heterocycles. The SMILES string of the molecule is Cc1cc(F)cc(C(O)c2cn[nH]c2N)c1. The molecule has 0 saturated carbocycles. The summed E-state index contributed by atoms with van der Waals surface area (Å²) in [6, 6.07) is 4.39. The summed E-state index contributed by atoms with van der Waals surface area (Å²) in [4.78, 5) is 0. The van der Waals surface area contributed by atoms with Crippen LogP contribution in [0.4, 0.5) is 10.2 Å². The summed E-state index contributed by atoms with van der Waals surface area (Å²) in [7, 11) is 0. The molecule has 84 valence electrons. The highest BCUT2D eigenvalue weighted by atomic mass is 19.1. The number of nitrogens with two attached hydrogens (primary N) is 1. The minimum absolute atomic E-state index is 0.286. The van der Waals surface area contributed by atoms with Gasteiger partial charge in [0.15, 0.2) is 0 Å². The number of aromatic nitrogens is 2. The number of nitrogens with one attached hydrogen (secondary N) is 1. The first-order chi connectivity index (χ1) is 7.58. The van der Waals surface area contributed by atoms with Crippen LogP contribution in [0, 0.1) is 12.7 Å². The van der Waals surface area contributed by atoms with Gasteiger partial charge in [-0.3, -0.25) is 5.10 Å². The zero-order chi connectivity index (χ0) is 11.7. The quantitative estimate of drug-likeness (QED) is 0.719. The number of rotatable bonds is 2. The summed E-state index contributed by atoms with van der Waals surface area (Å²) in [5.74, 6) is -0.0921. The van der Waals surface area contributed by atoms with E-state index in [2.05, 4.69) is 10.2 Å². The first-order valence-electron chi connectivity index (χ1n) is 4.82. The maximum atomic E-state index is 13.2. The molecule has 0 aliphatic carbocycles. The van der Waals surface area contributed by atoms with Crippen molar-refractivity contribution in [3.63, 3.8) is 0 Å². The Bertz CT molecular complexity index is 489. The Balaban J connectivity index is 2.41. The minimum Gasteiger partial charge on any atom is -0.384 e. The number of hydrogen-bond donors (Lipinski definition) is 3. The summed E-state index contributed by atoms with van der Waals surface area (Å²) in [6.07, 6.45) is 0.466. The molecule has 1 atom stereocenters. The molecule has 1 heterocycles. The highest BCUT2D eigenvalue weighted by Crippen LogP contribution is 2.26. The van der Waals surface area contributed by atoms with Crippen LogP contribution in [-0.2, 0) is 0 Å². The summed E-state index contributed by atoms with van der Waals surface area (Å²) < 4.78 is 13.2. The number of hydrogen-bond acceptors (Lipinski definition) is 3. The lowest BCUT2D eigenvalue weighted by Gasteiger charge is -2.10. The van der Waals surface area contributed by atoms with Crippen LogP contribution in [0.3, 0.4) is 0 Å². The largest absolute Gasteiger partial charge is 0.384 e. The first kappa shape index (κ1) is 10.6. The van der Waals surface area contributed by atoms with Gasteiger partial charge in [0.1, 0.15) is 17.7 Å². The van der Waals surface area contributed by atoms with Gasteiger partial charge in [0.05, 0.1) is 6.20 Å². The van der Waals surface area contributed by atoms with Crippen LogP contribution in [-0.4, -0.2) is 15.3 Å². The minimum atomic E-state index is -0.965. The van der Waals surface area contributed by atoms with Gasteiger partial charge in [0.25, 0.3) is 0 Å². The number of halogens is 1. The predicted octanol–water partition coefficient (Wildman–Crippen LogP) is 1.52. The number of anilines is 1. The van der Waals surface area contributed by atoms with Crippen LogP contribution in [0.5, 0.6) is 0 Å². The van der Waals surface area contributed by atoms with Gasteiger partial charge >= 0.3 is 0 Å². The monoisotopic (exact) mass is 221 g/mol. The second-order valence-corrected chi connectivity index (χ2v) is 3.70. The Kier molecular flexibility index (Phi) is 2.62. The lowest BCUT2D eigenvalue weighted by molar-refractivity contribution is 0.220. The molecule has 0 spiro atoms. The van der Waals surface area contributed by atoms with Crippen LogP contribution < -0.4 is 5.73 Å². The van der Waals surface area contributed by atoms with Crippen molar-refractivity contribution >= 4 is 5.82 Å². The second kappa shape index (κ2) is 3.94. The molecule has 0 amide bonds. The molecule has 0 radical (unpaired) electrons. The number of H-pyrrole nitrogens is 1. The van der Waals surface area contributed by atoms with Crippen LogP contribution in [0.1, 0.15) is 22.8 Å². The van der Waals surface area contributed by atoms with Crippen LogP contribution in [0.2, 0.25) is 0 Å². The lowest BCUT2D eigenvalue weighted by atomic mass is 10.0. The number of nitrogens with zero attached hydrogens (tertiary/aromatic N) is 1. The number of nitrogen functional groups attached to an aromatic ring is 1. The van der Waals surface area contributed by atoms with E-state index >= 15 is 0 Å². The molecule has 2 rings (SSSR count). The highest BCUT2D eigenvalue weighted by molar-refractivity contribution is 5.43. The summed E-state index contributed by atoms with van der Waals surface area (Å²) in [6.45, 7) is 1.76. The summed E-state index contributed by atoms with van der Waals surface area (Å²) in [5.41, 5.74) is 7.24. The van der Waals surface area contributed by atoms with Crippen molar-refractivity contribution in [1.82, 2.24) is 10.2 Å². The van der Waals surface area contributed by atoms with Crippen molar-refractivity contribution in [2.45, 2.75) is 13.0 Å². The Morgan fingerprint density at radius 1 is 1.44 bits per heavy atom. The van der Waals surface area contributed by atoms with E-state index in [0.29, 0.717) is 11.1 Å². The Morgan fingerprint density at radius 3 is 2.75 bits per heavy atom. The van der Waals surface area contributed by atoms with Crippen LogP contribution in [0.15, 0.2) is 24.4 Å². The number of benzene rings is 1. The topological polar surface area (TPSA) is 74.9 Å². The third-order valence-electron chi connectivity index (χ3n) is 2.37. The number of aliphatic hydroxyl groups is 1. The molecule has 1 aromatic heterocycles. The number of aliphatic hydroxyl groups excluding tert-OH is 1. The van der Waals surface area contributed by atoms with E-state index in [9.17, 15) is 9.50 Å². The Labute approximate surface area is 91.9 Å². The number of aryl methyl sites for hydroxylation is 1. The molecule has 0 aliphatic rings. The van der Waals surface area contributed by atoms with Crippen molar-refractivity contribution in [3.05, 3.63) is 46.9 Å². The summed E-state index contributed by atoms with van der Waals surface area (Å²) in [5, 5.41) is 16.2. The molecule has 4 nitrogen and oxygen atoms in total. The molecule has 0 bridgehead atoms. The van der Waals surface area contributed by atoms with E-state index in [1.54, 1.807) is 13.0 Å². The molecule has 2 aromatic rings. The Morgan fingerprint density at radius 2 is 2.19 bits per heavy atom. The van der Waals surface area contributed by atoms with Gasteiger partial charge in [-0.1, -0.05) is 6.07 Å². The zero-order valence-electron chi connectivity index (χ0n) is 8.74. The van der Waals surface area contributed by atoms with E-state index in [4.69, 9.17) is 5.73 Å². The maximum absolute atomic E-state index is 13.2. The predicted molar refractivity (Wildman–Crippen MR) is 58.2 cm³/mol. The average molecular weight is 221 g/mol. The highest BCUT2D eigenvalue weighted by Gasteiger charge is 2.16. The molecule has 1 aromatic carbocycles. The molecule has 5 heteroatoms. The Hall–Kier alpha value is -1.88. The average Bonchev–Trinajstić information content (AvgIpc) is 2.62. The summed E-state index contributed by atoms with van der Waals surface area (Å²) >= 11 is 0. The van der Waals surface area contributed by atoms with Crippen molar-refractivity contribution in [1.29, 1.82) is 0 Å². The van der Waals surface area contributed by atoms with Gasteiger partial charge in [-0.15, -0.1) is 0 Å². The third-order valence-corrected chi connectivity index (χ3v) is 2.37. The smallest absolute Gasteiger partial charge is 0.125 e. The van der Waals surface area contributed by atoms with Gasteiger partial charge in [0.2, 0.25) is 0 Å². The van der Waals surface area contributed by atoms with E-state index < -0.39 is 6.10 Å². The zero-order valence-corrected chi connectivity index (χ0v) is 8.74. The maximum Gasteiger partial charge on any atom is 0.125 e. The van der Waals surface area contributed by atoms with Gasteiger partial charge in [-0.2, -0.15) is 5.10 Å². The molecular weight excluding hydrogens is 209 g/mol. The second-order valence-electron chi connectivity index (χ2n) is 3.70. The van der Waals surface area contributed by atoms with E-state index in [1.165, 1.54) is 18.3 Å². The molecular formula is C11H12FN3O. The third kappa shape index (κ3) is 1.90. The molecule has 0 saturated heterocycles. The van der Waals surface area contributed by atoms with Crippen molar-refractivity contribution in [2.75, 3.05) is 5.73 Å². The van der Waals surface area contributed by atoms with Crippen LogP contribution >= 0.6 is 0 Å². The molecule has 0 fully saturated rings. The number of aromatic amines is 1. The van der Waals surface area contributed by atoms with Crippen LogP contribution in [0.25, 0.3) is 0 Å².